The minimum Gasteiger partial charge on any atom is -0.504 e. The Labute approximate surface area is 300 Å². The van der Waals surface area contributed by atoms with Crippen molar-refractivity contribution in [3.8, 4) is 11.5 Å². The topological polar surface area (TPSA) is 107 Å². The van der Waals surface area contributed by atoms with Crippen molar-refractivity contribution in [3.63, 3.8) is 0 Å². The third kappa shape index (κ3) is 5.20. The number of phenols is 1. The number of likely N-dealkylation sites (tertiary alicyclic amines) is 2. The average Bonchev–Trinajstić information content (AvgIpc) is 3.50. The maximum atomic E-state index is 14.6. The van der Waals surface area contributed by atoms with E-state index >= 15 is 0 Å². The molecule has 0 radical (unpaired) electrons. The Hall–Kier alpha value is -4.54. The number of hydrogen-bond acceptors (Lipinski definition) is 7. The molecule has 51 heavy (non-hydrogen) atoms. The second kappa shape index (κ2) is 12.6. The van der Waals surface area contributed by atoms with Crippen LogP contribution in [0, 0.1) is 34.9 Å². The molecule has 264 valence electrons. The molecule has 8 rings (SSSR count). The first-order valence-electron chi connectivity index (χ1n) is 17.6. The van der Waals surface area contributed by atoms with E-state index in [4.69, 9.17) is 16.3 Å². The fraction of sp³-hybridized carbons (Fsp3) is 0.400. The number of ether oxygens (including phenoxy) is 1. The van der Waals surface area contributed by atoms with Crippen molar-refractivity contribution in [2.45, 2.75) is 51.1 Å². The minimum absolute atomic E-state index is 0.0774. The van der Waals surface area contributed by atoms with E-state index in [0.29, 0.717) is 24.8 Å². The van der Waals surface area contributed by atoms with E-state index in [1.165, 1.54) is 35.8 Å². The van der Waals surface area contributed by atoms with Crippen LogP contribution in [0.1, 0.15) is 49.7 Å². The molecule has 0 bridgehead atoms. The van der Waals surface area contributed by atoms with Gasteiger partial charge >= 0.3 is 0 Å². The number of methoxy groups -OCH3 is 1. The molecule has 11 heteroatoms. The number of hydrogen-bond donors (Lipinski definition) is 1. The molecule has 4 amide bonds. The number of imide groups is 2. The molecule has 4 fully saturated rings. The average molecular weight is 712 g/mol. The molecule has 5 aliphatic rings. The van der Waals surface area contributed by atoms with Crippen molar-refractivity contribution in [2.75, 3.05) is 25.1 Å². The van der Waals surface area contributed by atoms with Crippen LogP contribution in [-0.4, -0.2) is 64.8 Å². The second-order valence-corrected chi connectivity index (χ2v) is 15.1. The van der Waals surface area contributed by atoms with Gasteiger partial charge in [0.2, 0.25) is 23.6 Å². The number of fused-ring (bicyclic) bond motifs is 4. The maximum absolute atomic E-state index is 14.6. The molecule has 6 unspecified atom stereocenters. The van der Waals surface area contributed by atoms with Gasteiger partial charge in [-0.2, -0.15) is 0 Å². The Balaban J connectivity index is 1.14. The van der Waals surface area contributed by atoms with Crippen molar-refractivity contribution >= 4 is 40.9 Å². The number of nitrogens with zero attached hydrogens (tertiary/aromatic N) is 3. The SMILES string of the molecule is COc1cc(C2C3=CCC4C(=O)N(C5CCN(Cc6ccccc6)CC5)C(=O)C4C3CC3C(=O)N(c4ccc(F)c(Cl)c4)C(=O)C32C)ccc1O. The summed E-state index contributed by atoms with van der Waals surface area (Å²) < 4.78 is 19.6. The Morgan fingerprint density at radius 2 is 1.69 bits per heavy atom. The highest BCUT2D eigenvalue weighted by Crippen LogP contribution is 2.64. The summed E-state index contributed by atoms with van der Waals surface area (Å²) in [7, 11) is 1.44. The summed E-state index contributed by atoms with van der Waals surface area (Å²) in [5.74, 6) is -5.03. The Bertz CT molecular complexity index is 1980. The second-order valence-electron chi connectivity index (χ2n) is 14.7. The zero-order valence-corrected chi connectivity index (χ0v) is 29.2. The molecule has 3 aromatic rings. The molecule has 2 aliphatic carbocycles. The smallest absolute Gasteiger partial charge is 0.241 e. The fourth-order valence-corrected chi connectivity index (χ4v) is 9.88. The van der Waals surface area contributed by atoms with Crippen LogP contribution in [0.2, 0.25) is 5.02 Å². The van der Waals surface area contributed by atoms with E-state index in [0.717, 1.165) is 36.2 Å². The Morgan fingerprint density at radius 1 is 0.941 bits per heavy atom. The monoisotopic (exact) mass is 711 g/mol. The van der Waals surface area contributed by atoms with Crippen molar-refractivity contribution in [2.24, 2.45) is 29.1 Å². The third-order valence-electron chi connectivity index (χ3n) is 12.2. The van der Waals surface area contributed by atoms with Crippen molar-refractivity contribution in [1.82, 2.24) is 9.80 Å². The van der Waals surface area contributed by atoms with E-state index in [1.54, 1.807) is 19.1 Å². The number of carbonyl (C=O) groups is 4. The number of aromatic hydroxyl groups is 1. The number of benzene rings is 3. The summed E-state index contributed by atoms with van der Waals surface area (Å²) >= 11 is 6.11. The molecular formula is C40H39ClFN3O6. The Morgan fingerprint density at radius 3 is 2.39 bits per heavy atom. The highest BCUT2D eigenvalue weighted by atomic mass is 35.5. The molecule has 3 saturated heterocycles. The van der Waals surface area contributed by atoms with Gasteiger partial charge in [-0.1, -0.05) is 59.6 Å². The lowest BCUT2D eigenvalue weighted by Gasteiger charge is -2.49. The van der Waals surface area contributed by atoms with Gasteiger partial charge in [-0.15, -0.1) is 0 Å². The first kappa shape index (κ1) is 33.6. The van der Waals surface area contributed by atoms with Crippen molar-refractivity contribution < 1.29 is 33.4 Å². The van der Waals surface area contributed by atoms with Crippen LogP contribution in [0.4, 0.5) is 10.1 Å². The number of piperidine rings is 1. The normalized spacial score (nSPS) is 29.6. The molecule has 0 aromatic heterocycles. The summed E-state index contributed by atoms with van der Waals surface area (Å²) in [4.78, 5) is 62.6. The van der Waals surface area contributed by atoms with Crippen molar-refractivity contribution in [1.29, 1.82) is 0 Å². The van der Waals surface area contributed by atoms with Crippen LogP contribution in [0.15, 0.2) is 78.4 Å². The first-order valence-corrected chi connectivity index (χ1v) is 17.9. The molecule has 1 N–H and O–H groups in total. The molecule has 1 saturated carbocycles. The minimum atomic E-state index is -1.30. The molecular weight excluding hydrogens is 673 g/mol. The van der Waals surface area contributed by atoms with Crippen LogP contribution in [0.3, 0.4) is 0 Å². The zero-order valence-electron chi connectivity index (χ0n) is 28.4. The number of halogens is 2. The van der Waals surface area contributed by atoms with Crippen molar-refractivity contribution in [3.05, 3.63) is 100 Å². The molecule has 6 atom stereocenters. The predicted molar refractivity (Wildman–Crippen MR) is 187 cm³/mol. The summed E-state index contributed by atoms with van der Waals surface area (Å²) in [5.41, 5.74) is 1.57. The van der Waals surface area contributed by atoms with Gasteiger partial charge in [0.05, 0.1) is 41.0 Å². The van der Waals surface area contributed by atoms with E-state index in [2.05, 4.69) is 17.0 Å². The Kier molecular flexibility index (Phi) is 8.30. The van der Waals surface area contributed by atoms with Gasteiger partial charge in [-0.25, -0.2) is 9.29 Å². The standard InChI is InChI=1S/C40H39ClFN3O6/c1-40-29(37(48)45(39(40)50)25-9-12-31(42)30(41)19-25)20-28-26(35(40)23-8-13-32(46)33(18-23)51-2)10-11-27-34(28)38(49)44(36(27)47)24-14-16-43(17-15-24)21-22-6-4-3-5-7-22/h3-10,12-13,18-19,24,27-29,34-35,46H,11,14-17,20-21H2,1-2H3. The van der Waals surface area contributed by atoms with Gasteiger partial charge in [0.1, 0.15) is 5.82 Å². The number of carbonyl (C=O) groups excluding carboxylic acids is 4. The van der Waals surface area contributed by atoms with Crippen LogP contribution in [0.25, 0.3) is 0 Å². The summed E-state index contributed by atoms with van der Waals surface area (Å²) in [5, 5.41) is 10.3. The highest BCUT2D eigenvalue weighted by molar-refractivity contribution is 6.31. The van der Waals surface area contributed by atoms with E-state index < -0.39 is 52.6 Å². The number of allylic oxidation sites excluding steroid dienone is 2. The number of amides is 4. The first-order chi connectivity index (χ1) is 24.5. The van der Waals surface area contributed by atoms with Crippen LogP contribution in [0.5, 0.6) is 11.5 Å². The highest BCUT2D eigenvalue weighted by Gasteiger charge is 2.68. The number of anilines is 1. The van der Waals surface area contributed by atoms with Gasteiger partial charge in [-0.3, -0.25) is 29.0 Å². The number of phenolic OH excluding ortho intramolecular Hbond substituents is 1. The largest absolute Gasteiger partial charge is 0.504 e. The lowest BCUT2D eigenvalue weighted by atomic mass is 9.51. The summed E-state index contributed by atoms with van der Waals surface area (Å²) in [6.07, 6.45) is 3.93. The summed E-state index contributed by atoms with van der Waals surface area (Å²) in [6, 6.07) is 18.7. The van der Waals surface area contributed by atoms with E-state index in [1.807, 2.05) is 24.3 Å². The van der Waals surface area contributed by atoms with E-state index in [-0.39, 0.29) is 46.5 Å². The van der Waals surface area contributed by atoms with Crippen LogP contribution < -0.4 is 9.64 Å². The lowest BCUT2D eigenvalue weighted by molar-refractivity contribution is -0.144. The van der Waals surface area contributed by atoms with Gasteiger partial charge < -0.3 is 9.84 Å². The van der Waals surface area contributed by atoms with Gasteiger partial charge in [0.15, 0.2) is 11.5 Å². The zero-order chi connectivity index (χ0) is 35.8. The molecule has 3 aliphatic heterocycles. The van der Waals surface area contributed by atoms with Crippen LogP contribution >= 0.6 is 11.6 Å². The van der Waals surface area contributed by atoms with Gasteiger partial charge in [0.25, 0.3) is 0 Å². The van der Waals surface area contributed by atoms with Gasteiger partial charge in [-0.05, 0) is 80.0 Å². The molecule has 3 heterocycles. The maximum Gasteiger partial charge on any atom is 0.241 e. The molecule has 9 nitrogen and oxygen atoms in total. The van der Waals surface area contributed by atoms with Gasteiger partial charge in [0, 0.05) is 31.6 Å². The molecule has 3 aromatic carbocycles. The molecule has 0 spiro atoms. The summed E-state index contributed by atoms with van der Waals surface area (Å²) in [6.45, 7) is 4.12. The third-order valence-corrected chi connectivity index (χ3v) is 12.5. The lowest BCUT2D eigenvalue weighted by Crippen LogP contribution is -2.49. The van der Waals surface area contributed by atoms with E-state index in [9.17, 15) is 28.7 Å². The quantitative estimate of drug-likeness (QED) is 0.244. The fourth-order valence-electron chi connectivity index (χ4n) is 9.70. The number of rotatable bonds is 6. The van der Waals surface area contributed by atoms with Crippen LogP contribution in [-0.2, 0) is 25.7 Å². The predicted octanol–water partition coefficient (Wildman–Crippen LogP) is 6.09.